The molecule has 0 saturated heterocycles. The van der Waals surface area contributed by atoms with Gasteiger partial charge in [-0.3, -0.25) is 0 Å². The van der Waals surface area contributed by atoms with Crippen LogP contribution in [0.3, 0.4) is 0 Å². The molecule has 0 aliphatic rings. The summed E-state index contributed by atoms with van der Waals surface area (Å²) in [4.78, 5) is 0. The van der Waals surface area contributed by atoms with Crippen molar-refractivity contribution in [2.75, 3.05) is 6.54 Å². The number of benzene rings is 1. The lowest BCUT2D eigenvalue weighted by atomic mass is 10.2. The molecule has 2 rings (SSSR count). The van der Waals surface area contributed by atoms with E-state index in [4.69, 9.17) is 0 Å². The average Bonchev–Trinajstić information content (AvgIpc) is 2.81. The zero-order chi connectivity index (χ0) is 14.7. The largest absolute Gasteiger partial charge is 0.310 e. The first-order chi connectivity index (χ1) is 9.49. The number of halogens is 3. The van der Waals surface area contributed by atoms with Crippen molar-refractivity contribution in [3.8, 4) is 5.69 Å². The highest BCUT2D eigenvalue weighted by Gasteiger charge is 2.16. The molecule has 0 bridgehead atoms. The monoisotopic (exact) mass is 285 g/mol. The minimum Gasteiger partial charge on any atom is -0.310 e. The number of hydrogen-bond donors (Lipinski definition) is 1. The van der Waals surface area contributed by atoms with Crippen LogP contribution in [-0.4, -0.2) is 26.8 Å². The molecule has 0 spiro atoms. The normalized spacial score (nSPS) is 11.3. The molecule has 0 fully saturated rings. The smallest absolute Gasteiger partial charge is 0.170 e. The Morgan fingerprint density at radius 1 is 1.15 bits per heavy atom. The summed E-state index contributed by atoms with van der Waals surface area (Å²) >= 11 is 0. The lowest BCUT2D eigenvalue weighted by molar-refractivity contribution is 0.488. The maximum Gasteiger partial charge on any atom is 0.170 e. The number of tetrazole rings is 1. The van der Waals surface area contributed by atoms with E-state index in [0.29, 0.717) is 24.4 Å². The van der Waals surface area contributed by atoms with E-state index in [-0.39, 0.29) is 5.69 Å². The van der Waals surface area contributed by atoms with Gasteiger partial charge in [-0.25, -0.2) is 13.2 Å². The summed E-state index contributed by atoms with van der Waals surface area (Å²) in [7, 11) is 0. The molecule has 1 heterocycles. The maximum atomic E-state index is 13.7. The van der Waals surface area contributed by atoms with E-state index in [9.17, 15) is 13.2 Å². The van der Waals surface area contributed by atoms with Crippen LogP contribution in [0, 0.1) is 23.4 Å². The van der Waals surface area contributed by atoms with E-state index in [1.165, 1.54) is 0 Å². The van der Waals surface area contributed by atoms with Crippen molar-refractivity contribution in [2.24, 2.45) is 5.92 Å². The number of aromatic nitrogens is 4. The fourth-order valence-electron chi connectivity index (χ4n) is 1.65. The van der Waals surface area contributed by atoms with Crippen LogP contribution in [-0.2, 0) is 6.54 Å². The maximum absolute atomic E-state index is 13.7. The van der Waals surface area contributed by atoms with Gasteiger partial charge in [-0.15, -0.1) is 5.10 Å². The Bertz CT molecular complexity index is 597. The predicted octanol–water partition coefficient (Wildman–Crippen LogP) is 1.83. The van der Waals surface area contributed by atoms with Crippen molar-refractivity contribution in [3.05, 3.63) is 35.4 Å². The SMILES string of the molecule is CC(C)CNCc1nnnn1-c1cc(F)c(F)cc1F. The molecular weight excluding hydrogens is 271 g/mol. The highest BCUT2D eigenvalue weighted by atomic mass is 19.2. The fraction of sp³-hybridized carbons (Fsp3) is 0.417. The minimum absolute atomic E-state index is 0.227. The zero-order valence-electron chi connectivity index (χ0n) is 11.1. The van der Waals surface area contributed by atoms with Crippen molar-refractivity contribution in [1.82, 2.24) is 25.5 Å². The molecule has 0 atom stereocenters. The van der Waals surface area contributed by atoms with Crippen LogP contribution in [0.2, 0.25) is 0 Å². The van der Waals surface area contributed by atoms with Gasteiger partial charge in [0, 0.05) is 12.1 Å². The molecule has 8 heteroatoms. The van der Waals surface area contributed by atoms with Crippen LogP contribution >= 0.6 is 0 Å². The molecule has 5 nitrogen and oxygen atoms in total. The second kappa shape index (κ2) is 6.00. The van der Waals surface area contributed by atoms with Crippen molar-refractivity contribution in [2.45, 2.75) is 20.4 Å². The van der Waals surface area contributed by atoms with Gasteiger partial charge in [-0.1, -0.05) is 13.8 Å². The van der Waals surface area contributed by atoms with E-state index < -0.39 is 17.5 Å². The summed E-state index contributed by atoms with van der Waals surface area (Å²) < 4.78 is 40.8. The molecule has 0 radical (unpaired) electrons. The van der Waals surface area contributed by atoms with Gasteiger partial charge < -0.3 is 5.32 Å². The fourth-order valence-corrected chi connectivity index (χ4v) is 1.65. The van der Waals surface area contributed by atoms with Crippen molar-refractivity contribution in [1.29, 1.82) is 0 Å². The Balaban J connectivity index is 2.25. The quantitative estimate of drug-likeness (QED) is 0.851. The summed E-state index contributed by atoms with van der Waals surface area (Å²) in [6.45, 7) is 5.09. The van der Waals surface area contributed by atoms with Gasteiger partial charge in [-0.2, -0.15) is 4.68 Å². The molecule has 0 unspecified atom stereocenters. The standard InChI is InChI=1S/C12H14F3N5/c1-7(2)5-16-6-12-17-18-19-20(12)11-4-9(14)8(13)3-10(11)15/h3-4,7,16H,5-6H2,1-2H3. The lowest BCUT2D eigenvalue weighted by Gasteiger charge is -2.08. The van der Waals surface area contributed by atoms with Crippen LogP contribution < -0.4 is 5.32 Å². The first kappa shape index (κ1) is 14.4. The van der Waals surface area contributed by atoms with Gasteiger partial charge in [-0.05, 0) is 22.9 Å². The number of nitrogens with zero attached hydrogens (tertiary/aromatic N) is 4. The molecule has 0 aliphatic carbocycles. The van der Waals surface area contributed by atoms with Crippen LogP contribution in [0.1, 0.15) is 19.7 Å². The van der Waals surface area contributed by atoms with Gasteiger partial charge >= 0.3 is 0 Å². The lowest BCUT2D eigenvalue weighted by Crippen LogP contribution is -2.21. The first-order valence-electron chi connectivity index (χ1n) is 6.12. The summed E-state index contributed by atoms with van der Waals surface area (Å²) in [6.07, 6.45) is 0. The van der Waals surface area contributed by atoms with Gasteiger partial charge in [0.15, 0.2) is 23.3 Å². The van der Waals surface area contributed by atoms with Crippen LogP contribution in [0.4, 0.5) is 13.2 Å². The summed E-state index contributed by atoms with van der Waals surface area (Å²) in [5.74, 6) is -2.59. The van der Waals surface area contributed by atoms with Crippen LogP contribution in [0.5, 0.6) is 0 Å². The van der Waals surface area contributed by atoms with Crippen LogP contribution in [0.15, 0.2) is 12.1 Å². The van der Waals surface area contributed by atoms with Gasteiger partial charge in [0.25, 0.3) is 0 Å². The number of hydrogen-bond acceptors (Lipinski definition) is 4. The molecule has 0 amide bonds. The molecule has 1 N–H and O–H groups in total. The highest BCUT2D eigenvalue weighted by molar-refractivity contribution is 5.34. The van der Waals surface area contributed by atoms with E-state index in [2.05, 4.69) is 20.8 Å². The topological polar surface area (TPSA) is 55.6 Å². The highest BCUT2D eigenvalue weighted by Crippen LogP contribution is 2.17. The van der Waals surface area contributed by atoms with Crippen molar-refractivity contribution in [3.63, 3.8) is 0 Å². The zero-order valence-corrected chi connectivity index (χ0v) is 11.1. The van der Waals surface area contributed by atoms with E-state index in [1.54, 1.807) is 0 Å². The molecule has 2 aromatic rings. The van der Waals surface area contributed by atoms with Crippen molar-refractivity contribution < 1.29 is 13.2 Å². The first-order valence-corrected chi connectivity index (χ1v) is 6.12. The molecular formula is C12H14F3N5. The Morgan fingerprint density at radius 2 is 1.85 bits per heavy atom. The summed E-state index contributed by atoms with van der Waals surface area (Å²) in [6, 6.07) is 1.20. The third-order valence-electron chi connectivity index (χ3n) is 2.59. The Labute approximate surface area is 113 Å². The van der Waals surface area contributed by atoms with E-state index in [1.807, 2.05) is 13.8 Å². The number of rotatable bonds is 5. The average molecular weight is 285 g/mol. The van der Waals surface area contributed by atoms with Gasteiger partial charge in [0.2, 0.25) is 0 Å². The molecule has 108 valence electrons. The Morgan fingerprint density at radius 3 is 2.55 bits per heavy atom. The minimum atomic E-state index is -1.25. The molecule has 0 saturated carbocycles. The Kier molecular flexibility index (Phi) is 4.33. The number of nitrogens with one attached hydrogen (secondary N) is 1. The molecule has 0 aliphatic heterocycles. The molecule has 1 aromatic carbocycles. The van der Waals surface area contributed by atoms with Gasteiger partial charge in [0.05, 0.1) is 6.54 Å². The molecule has 1 aromatic heterocycles. The van der Waals surface area contributed by atoms with Crippen molar-refractivity contribution >= 4 is 0 Å². The Hall–Kier alpha value is -1.96. The predicted molar refractivity (Wildman–Crippen MR) is 65.6 cm³/mol. The third-order valence-corrected chi connectivity index (χ3v) is 2.59. The van der Waals surface area contributed by atoms with E-state index >= 15 is 0 Å². The van der Waals surface area contributed by atoms with Crippen LogP contribution in [0.25, 0.3) is 5.69 Å². The second-order valence-corrected chi connectivity index (χ2v) is 4.75. The third kappa shape index (κ3) is 3.13. The molecule has 20 heavy (non-hydrogen) atoms. The van der Waals surface area contributed by atoms with E-state index in [0.717, 1.165) is 17.3 Å². The second-order valence-electron chi connectivity index (χ2n) is 4.75. The summed E-state index contributed by atoms with van der Waals surface area (Å²) in [5, 5.41) is 13.9. The summed E-state index contributed by atoms with van der Waals surface area (Å²) in [5.41, 5.74) is -0.227. The van der Waals surface area contributed by atoms with Gasteiger partial charge in [0.1, 0.15) is 5.69 Å².